The van der Waals surface area contributed by atoms with Crippen molar-refractivity contribution in [3.63, 3.8) is 0 Å². The van der Waals surface area contributed by atoms with Crippen LogP contribution in [0.15, 0.2) is 12.1 Å². The van der Waals surface area contributed by atoms with E-state index in [1.54, 1.807) is 0 Å². The second-order valence-corrected chi connectivity index (χ2v) is 3.64. The van der Waals surface area contributed by atoms with Gasteiger partial charge in [-0.25, -0.2) is 0 Å². The van der Waals surface area contributed by atoms with Gasteiger partial charge in [0.2, 0.25) is 0 Å². The first-order chi connectivity index (χ1) is 8.14. The number of carbonyl (C=O) groups is 1. The molecule has 1 rings (SSSR count). The average Bonchev–Trinajstić information content (AvgIpc) is 2.17. The smallest absolute Gasteiger partial charge is 0.420 e. The molecule has 0 heterocycles. The Kier molecular flexibility index (Phi) is 4.16. The highest BCUT2D eigenvalue weighted by molar-refractivity contribution is 6.34. The van der Waals surface area contributed by atoms with Crippen LogP contribution in [0, 0.1) is 0 Å². The lowest BCUT2D eigenvalue weighted by molar-refractivity contribution is -0.142. The number of benzene rings is 1. The van der Waals surface area contributed by atoms with Gasteiger partial charge in [0.25, 0.3) is 0 Å². The van der Waals surface area contributed by atoms with Crippen molar-refractivity contribution < 1.29 is 31.5 Å². The molecule has 0 aliphatic carbocycles. The zero-order chi connectivity index (χ0) is 14.1. The second kappa shape index (κ2) is 5.09. The lowest BCUT2D eigenvalue weighted by Gasteiger charge is -2.17. The quantitative estimate of drug-likeness (QED) is 0.616. The molecule has 1 aromatic carbocycles. The summed E-state index contributed by atoms with van der Waals surface area (Å²) in [5.74, 6) is -2.13. The predicted molar refractivity (Wildman–Crippen MR) is 53.1 cm³/mol. The number of alkyl halides is 5. The van der Waals surface area contributed by atoms with Crippen LogP contribution in [0.25, 0.3) is 0 Å². The molecule has 0 fully saturated rings. The Morgan fingerprint density at radius 3 is 2.28 bits per heavy atom. The van der Waals surface area contributed by atoms with Crippen molar-refractivity contribution >= 4 is 17.4 Å². The van der Waals surface area contributed by atoms with Crippen LogP contribution in [-0.2, 0) is 6.18 Å². The number of Topliss-reactive ketones (excluding diaryl/α,β-unsaturated/α-hetero) is 1. The van der Waals surface area contributed by atoms with E-state index < -0.39 is 40.5 Å². The van der Waals surface area contributed by atoms with Gasteiger partial charge in [0, 0.05) is 0 Å². The Bertz CT molecular complexity index is 470. The number of ether oxygens (including phenoxy) is 1. The lowest BCUT2D eigenvalue weighted by atomic mass is 10.0. The Morgan fingerprint density at radius 2 is 1.89 bits per heavy atom. The van der Waals surface area contributed by atoms with Gasteiger partial charge in [-0.2, -0.15) is 22.0 Å². The minimum atomic E-state index is -5.03. The number of carbonyl (C=O) groups excluding carboxylic acids is 1. The summed E-state index contributed by atoms with van der Waals surface area (Å²) in [4.78, 5) is 11.1. The standard InChI is InChI=1S/C10H6ClF5O2/c1-4(17)7-5(11)2-3-6(18-9(12)13)8(7)10(14,15)16/h2-3,9H,1H3. The third-order valence-electron chi connectivity index (χ3n) is 1.97. The Morgan fingerprint density at radius 1 is 1.33 bits per heavy atom. The first-order valence-corrected chi connectivity index (χ1v) is 4.87. The van der Waals surface area contributed by atoms with Gasteiger partial charge in [0.15, 0.2) is 5.78 Å². The van der Waals surface area contributed by atoms with Gasteiger partial charge in [0.1, 0.15) is 11.3 Å². The van der Waals surface area contributed by atoms with Crippen LogP contribution < -0.4 is 4.74 Å². The lowest BCUT2D eigenvalue weighted by Crippen LogP contribution is -2.16. The van der Waals surface area contributed by atoms with Crippen LogP contribution in [0.4, 0.5) is 22.0 Å². The zero-order valence-corrected chi connectivity index (χ0v) is 9.57. The fourth-order valence-corrected chi connectivity index (χ4v) is 1.67. The summed E-state index contributed by atoms with van der Waals surface area (Å²) in [6.45, 7) is -2.59. The molecular weight excluding hydrogens is 283 g/mol. The highest BCUT2D eigenvalue weighted by Gasteiger charge is 2.40. The third-order valence-corrected chi connectivity index (χ3v) is 2.28. The minimum absolute atomic E-state index is 0.476. The van der Waals surface area contributed by atoms with Gasteiger partial charge in [-0.3, -0.25) is 4.79 Å². The largest absolute Gasteiger partial charge is 0.434 e. The SMILES string of the molecule is CC(=O)c1c(Cl)ccc(OC(F)F)c1C(F)(F)F. The van der Waals surface area contributed by atoms with E-state index in [-0.39, 0.29) is 0 Å². The van der Waals surface area contributed by atoms with Crippen molar-refractivity contribution in [2.24, 2.45) is 0 Å². The fourth-order valence-electron chi connectivity index (χ4n) is 1.38. The van der Waals surface area contributed by atoms with Crippen LogP contribution in [0.3, 0.4) is 0 Å². The molecule has 0 aromatic heterocycles. The Hall–Kier alpha value is -1.37. The van der Waals surface area contributed by atoms with E-state index in [0.29, 0.717) is 6.07 Å². The van der Waals surface area contributed by atoms with Crippen molar-refractivity contribution in [1.29, 1.82) is 0 Å². The van der Waals surface area contributed by atoms with Gasteiger partial charge in [0.05, 0.1) is 10.6 Å². The molecule has 18 heavy (non-hydrogen) atoms. The molecule has 0 aliphatic heterocycles. The van der Waals surface area contributed by atoms with Gasteiger partial charge in [-0.15, -0.1) is 0 Å². The normalized spacial score (nSPS) is 11.8. The van der Waals surface area contributed by atoms with Crippen LogP contribution >= 0.6 is 11.6 Å². The maximum atomic E-state index is 12.8. The average molecular weight is 289 g/mol. The molecule has 0 N–H and O–H groups in total. The molecule has 0 aliphatic rings. The first-order valence-electron chi connectivity index (χ1n) is 4.50. The molecule has 0 saturated heterocycles. The van der Waals surface area contributed by atoms with Crippen LogP contribution in [0.5, 0.6) is 5.75 Å². The number of rotatable bonds is 3. The predicted octanol–water partition coefficient (Wildman–Crippen LogP) is 4.16. The summed E-state index contributed by atoms with van der Waals surface area (Å²) < 4.78 is 66.1. The van der Waals surface area contributed by atoms with Crippen LogP contribution in [-0.4, -0.2) is 12.4 Å². The number of ketones is 1. The van der Waals surface area contributed by atoms with Gasteiger partial charge < -0.3 is 4.74 Å². The van der Waals surface area contributed by atoms with Crippen LogP contribution in [0.2, 0.25) is 5.02 Å². The van der Waals surface area contributed by atoms with E-state index in [9.17, 15) is 26.7 Å². The molecule has 0 atom stereocenters. The summed E-state index contributed by atoms with van der Waals surface area (Å²) in [5, 5.41) is -0.476. The fraction of sp³-hybridized carbons (Fsp3) is 0.300. The molecule has 0 amide bonds. The van der Waals surface area contributed by atoms with E-state index >= 15 is 0 Å². The maximum Gasteiger partial charge on any atom is 0.420 e. The molecule has 8 heteroatoms. The molecule has 0 spiro atoms. The van der Waals surface area contributed by atoms with Crippen molar-refractivity contribution in [2.75, 3.05) is 0 Å². The maximum absolute atomic E-state index is 12.8. The van der Waals surface area contributed by atoms with E-state index in [0.717, 1.165) is 13.0 Å². The first kappa shape index (κ1) is 14.7. The zero-order valence-electron chi connectivity index (χ0n) is 8.82. The molecule has 0 bridgehead atoms. The van der Waals surface area contributed by atoms with Crippen molar-refractivity contribution in [1.82, 2.24) is 0 Å². The Labute approximate surface area is 103 Å². The molecule has 1 aromatic rings. The summed E-state index contributed by atoms with van der Waals surface area (Å²) in [6.07, 6.45) is -5.03. The van der Waals surface area contributed by atoms with Crippen molar-refractivity contribution in [2.45, 2.75) is 19.7 Å². The molecule has 0 saturated carbocycles. The van der Waals surface area contributed by atoms with Gasteiger partial charge in [-0.1, -0.05) is 11.6 Å². The summed E-state index contributed by atoms with van der Waals surface area (Å²) >= 11 is 5.48. The Balaban J connectivity index is 3.55. The number of halogens is 6. The van der Waals surface area contributed by atoms with E-state index in [1.165, 1.54) is 0 Å². The summed E-state index contributed by atoms with van der Waals surface area (Å²) in [6, 6.07) is 1.54. The summed E-state index contributed by atoms with van der Waals surface area (Å²) in [7, 11) is 0. The topological polar surface area (TPSA) is 26.3 Å². The molecule has 100 valence electrons. The van der Waals surface area contributed by atoms with Gasteiger partial charge >= 0.3 is 12.8 Å². The van der Waals surface area contributed by atoms with Crippen LogP contribution in [0.1, 0.15) is 22.8 Å². The van der Waals surface area contributed by atoms with E-state index in [1.807, 2.05) is 0 Å². The van der Waals surface area contributed by atoms with Crippen molar-refractivity contribution in [3.05, 3.63) is 28.3 Å². The highest BCUT2D eigenvalue weighted by Crippen LogP contribution is 2.42. The monoisotopic (exact) mass is 288 g/mol. The molecule has 0 unspecified atom stereocenters. The van der Waals surface area contributed by atoms with E-state index in [2.05, 4.69) is 4.74 Å². The van der Waals surface area contributed by atoms with E-state index in [4.69, 9.17) is 11.6 Å². The molecule has 2 nitrogen and oxygen atoms in total. The minimum Gasteiger partial charge on any atom is -0.434 e. The van der Waals surface area contributed by atoms with Crippen molar-refractivity contribution in [3.8, 4) is 5.75 Å². The second-order valence-electron chi connectivity index (χ2n) is 3.23. The number of hydrogen-bond acceptors (Lipinski definition) is 2. The highest BCUT2D eigenvalue weighted by atomic mass is 35.5. The molecule has 0 radical (unpaired) electrons. The molecular formula is C10H6ClF5O2. The number of hydrogen-bond donors (Lipinski definition) is 0. The van der Waals surface area contributed by atoms with Gasteiger partial charge in [-0.05, 0) is 19.1 Å². The summed E-state index contributed by atoms with van der Waals surface area (Å²) in [5.41, 5.74) is -2.48. The third kappa shape index (κ3) is 3.10.